The molecule has 0 saturated carbocycles. The first kappa shape index (κ1) is 12.9. The molecule has 0 rings (SSSR count). The van der Waals surface area contributed by atoms with Crippen molar-refractivity contribution >= 4 is 15.8 Å². The van der Waals surface area contributed by atoms with Crippen LogP contribution in [0, 0.1) is 17.2 Å². The second-order valence-corrected chi connectivity index (χ2v) is 5.33. The van der Waals surface area contributed by atoms with E-state index in [1.807, 2.05) is 13.8 Å². The lowest BCUT2D eigenvalue weighted by molar-refractivity contribution is -0.141. The first-order chi connectivity index (χ1) is 6.37. The van der Waals surface area contributed by atoms with Crippen molar-refractivity contribution in [2.24, 2.45) is 5.92 Å². The largest absolute Gasteiger partial charge is 0.465 e. The Kier molecular flexibility index (Phi) is 5.16. The van der Waals surface area contributed by atoms with Crippen LogP contribution in [0.4, 0.5) is 0 Å². The molecule has 0 heterocycles. The number of rotatable bonds is 5. The summed E-state index contributed by atoms with van der Waals surface area (Å²) in [5.74, 6) is -2.00. The highest BCUT2D eigenvalue weighted by molar-refractivity contribution is 7.92. The molecule has 0 aliphatic heterocycles. The van der Waals surface area contributed by atoms with Gasteiger partial charge in [-0.2, -0.15) is 5.26 Å². The molecule has 0 aromatic carbocycles. The fraction of sp³-hybridized carbons (Fsp3) is 0.750. The Hall–Kier alpha value is -1.09. The van der Waals surface area contributed by atoms with Crippen LogP contribution in [0.5, 0.6) is 0 Å². The minimum atomic E-state index is -3.61. The first-order valence-corrected chi connectivity index (χ1v) is 5.92. The van der Waals surface area contributed by atoms with Gasteiger partial charge >= 0.3 is 5.97 Å². The summed E-state index contributed by atoms with van der Waals surface area (Å²) in [6, 6.07) is 1.48. The zero-order valence-electron chi connectivity index (χ0n) is 8.19. The van der Waals surface area contributed by atoms with Gasteiger partial charge in [0.05, 0.1) is 12.7 Å². The lowest BCUT2D eigenvalue weighted by Gasteiger charge is -2.06. The Labute approximate surface area is 83.6 Å². The molecule has 14 heavy (non-hydrogen) atoms. The highest BCUT2D eigenvalue weighted by atomic mass is 32.2. The summed E-state index contributed by atoms with van der Waals surface area (Å²) >= 11 is 0. The number of nitrogens with zero attached hydrogens (tertiary/aromatic N) is 1. The average molecular weight is 219 g/mol. The average Bonchev–Trinajstić information content (AvgIpc) is 1.99. The maximum atomic E-state index is 11.0. The fourth-order valence-corrected chi connectivity index (χ4v) is 1.37. The molecule has 0 aliphatic rings. The smallest absolute Gasteiger partial charge is 0.321 e. The van der Waals surface area contributed by atoms with Gasteiger partial charge in [-0.25, -0.2) is 8.42 Å². The maximum Gasteiger partial charge on any atom is 0.321 e. The van der Waals surface area contributed by atoms with Gasteiger partial charge in [-0.3, -0.25) is 4.79 Å². The van der Waals surface area contributed by atoms with Gasteiger partial charge in [0, 0.05) is 0 Å². The molecule has 0 aromatic rings. The summed E-state index contributed by atoms with van der Waals surface area (Å²) < 4.78 is 26.6. The third-order valence-electron chi connectivity index (χ3n) is 1.20. The van der Waals surface area contributed by atoms with E-state index in [2.05, 4.69) is 4.74 Å². The summed E-state index contributed by atoms with van der Waals surface area (Å²) in [6.45, 7) is 3.88. The van der Waals surface area contributed by atoms with Crippen LogP contribution < -0.4 is 0 Å². The van der Waals surface area contributed by atoms with Gasteiger partial charge in [-0.15, -0.1) is 0 Å². The van der Waals surface area contributed by atoms with Crippen LogP contribution >= 0.6 is 0 Å². The van der Waals surface area contributed by atoms with Crippen LogP contribution in [0.1, 0.15) is 13.8 Å². The van der Waals surface area contributed by atoms with Crippen LogP contribution in [0.2, 0.25) is 0 Å². The van der Waals surface area contributed by atoms with Crippen molar-refractivity contribution in [2.75, 3.05) is 18.1 Å². The number of ether oxygens (including phenoxy) is 1. The number of nitriles is 1. The monoisotopic (exact) mass is 219 g/mol. The minimum absolute atomic E-state index is 0.164. The molecule has 0 spiro atoms. The van der Waals surface area contributed by atoms with Crippen molar-refractivity contribution < 1.29 is 17.9 Å². The van der Waals surface area contributed by atoms with Crippen molar-refractivity contribution in [3.05, 3.63) is 0 Å². The van der Waals surface area contributed by atoms with Gasteiger partial charge < -0.3 is 4.74 Å². The van der Waals surface area contributed by atoms with E-state index in [4.69, 9.17) is 5.26 Å². The second kappa shape index (κ2) is 5.60. The molecule has 0 saturated heterocycles. The van der Waals surface area contributed by atoms with Crippen molar-refractivity contribution in [2.45, 2.75) is 13.8 Å². The van der Waals surface area contributed by atoms with E-state index in [0.717, 1.165) is 0 Å². The van der Waals surface area contributed by atoms with E-state index in [9.17, 15) is 13.2 Å². The van der Waals surface area contributed by atoms with Crippen molar-refractivity contribution in [3.63, 3.8) is 0 Å². The van der Waals surface area contributed by atoms with E-state index < -0.39 is 27.3 Å². The van der Waals surface area contributed by atoms with Crippen LogP contribution in [0.3, 0.4) is 0 Å². The predicted octanol–water partition coefficient (Wildman–Crippen LogP) is 0.124. The fourth-order valence-electron chi connectivity index (χ4n) is 0.630. The summed E-state index contributed by atoms with van der Waals surface area (Å²) in [4.78, 5) is 10.9. The summed E-state index contributed by atoms with van der Waals surface area (Å²) in [5, 5.41) is 8.15. The van der Waals surface area contributed by atoms with Gasteiger partial charge in [0.15, 0.2) is 9.84 Å². The summed E-state index contributed by atoms with van der Waals surface area (Å²) in [6.07, 6.45) is 0. The molecule has 0 atom stereocenters. The van der Waals surface area contributed by atoms with E-state index in [-0.39, 0.29) is 12.5 Å². The zero-order valence-corrected chi connectivity index (χ0v) is 9.00. The third kappa shape index (κ3) is 6.43. The Balaban J connectivity index is 4.02. The normalized spacial score (nSPS) is 11.0. The highest BCUT2D eigenvalue weighted by Crippen LogP contribution is 1.96. The lowest BCUT2D eigenvalue weighted by Crippen LogP contribution is -2.21. The molecule has 80 valence electrons. The molecule has 0 fully saturated rings. The van der Waals surface area contributed by atoms with Crippen LogP contribution in [0.25, 0.3) is 0 Å². The predicted molar refractivity (Wildman–Crippen MR) is 50.1 cm³/mol. The number of hydrogen-bond acceptors (Lipinski definition) is 5. The van der Waals surface area contributed by atoms with Crippen LogP contribution in [-0.2, 0) is 19.4 Å². The number of hydrogen-bond donors (Lipinski definition) is 0. The molecule has 6 heteroatoms. The third-order valence-corrected chi connectivity index (χ3v) is 2.44. The molecule has 0 unspecified atom stereocenters. The van der Waals surface area contributed by atoms with Gasteiger partial charge in [-0.1, -0.05) is 13.8 Å². The zero-order chi connectivity index (χ0) is 11.2. The quantitative estimate of drug-likeness (QED) is 0.613. The molecule has 5 nitrogen and oxygen atoms in total. The molecular formula is C8H13NO4S. The second-order valence-electron chi connectivity index (χ2n) is 3.27. The molecule has 0 bridgehead atoms. The van der Waals surface area contributed by atoms with E-state index >= 15 is 0 Å². The SMILES string of the molecule is CC(C)COC(=O)CS(=O)(=O)CC#N. The highest BCUT2D eigenvalue weighted by Gasteiger charge is 2.17. The Morgan fingerprint density at radius 3 is 2.50 bits per heavy atom. The van der Waals surface area contributed by atoms with Crippen LogP contribution in [0.15, 0.2) is 0 Å². The molecule has 0 aliphatic carbocycles. The van der Waals surface area contributed by atoms with Gasteiger partial charge in [0.2, 0.25) is 0 Å². The van der Waals surface area contributed by atoms with Gasteiger partial charge in [0.25, 0.3) is 0 Å². The molecular weight excluding hydrogens is 206 g/mol. The number of esters is 1. The van der Waals surface area contributed by atoms with Crippen molar-refractivity contribution in [1.82, 2.24) is 0 Å². The van der Waals surface area contributed by atoms with E-state index in [1.54, 1.807) is 0 Å². The topological polar surface area (TPSA) is 84.2 Å². The molecule has 0 radical (unpaired) electrons. The van der Waals surface area contributed by atoms with Crippen molar-refractivity contribution in [1.29, 1.82) is 5.26 Å². The Morgan fingerprint density at radius 2 is 2.07 bits per heavy atom. The minimum Gasteiger partial charge on any atom is -0.465 e. The standard InChI is InChI=1S/C8H13NO4S/c1-7(2)5-13-8(10)6-14(11,12)4-3-9/h7H,4-6H2,1-2H3. The van der Waals surface area contributed by atoms with E-state index in [0.29, 0.717) is 0 Å². The molecule has 0 N–H and O–H groups in total. The Morgan fingerprint density at radius 1 is 1.50 bits per heavy atom. The van der Waals surface area contributed by atoms with Crippen LogP contribution in [-0.4, -0.2) is 32.5 Å². The van der Waals surface area contributed by atoms with Crippen molar-refractivity contribution in [3.8, 4) is 6.07 Å². The first-order valence-electron chi connectivity index (χ1n) is 4.10. The summed E-state index contributed by atoms with van der Waals surface area (Å²) in [5.41, 5.74) is 0. The number of carbonyl (C=O) groups is 1. The lowest BCUT2D eigenvalue weighted by atomic mass is 10.2. The Bertz CT molecular complexity index is 326. The van der Waals surface area contributed by atoms with E-state index in [1.165, 1.54) is 6.07 Å². The van der Waals surface area contributed by atoms with Gasteiger partial charge in [-0.05, 0) is 5.92 Å². The van der Waals surface area contributed by atoms with Gasteiger partial charge in [0.1, 0.15) is 11.5 Å². The number of carbonyl (C=O) groups excluding carboxylic acids is 1. The summed E-state index contributed by atoms with van der Waals surface area (Å²) in [7, 11) is -3.61. The number of sulfone groups is 1. The molecule has 0 aromatic heterocycles. The maximum absolute atomic E-state index is 11.0. The molecule has 0 amide bonds.